The van der Waals surface area contributed by atoms with Gasteiger partial charge in [-0.05, 0) is 103 Å². The second kappa shape index (κ2) is 57.9. The Hall–Kier alpha value is -2.63. The predicted molar refractivity (Wildman–Crippen MR) is 298 cm³/mol. The van der Waals surface area contributed by atoms with Gasteiger partial charge in [0.1, 0.15) is 13.2 Å². The van der Waals surface area contributed by atoms with Crippen LogP contribution in [0.1, 0.15) is 316 Å². The molecule has 0 aliphatic heterocycles. The van der Waals surface area contributed by atoms with Crippen molar-refractivity contribution in [2.45, 2.75) is 322 Å². The summed E-state index contributed by atoms with van der Waals surface area (Å²) in [7, 11) is 0. The van der Waals surface area contributed by atoms with Crippen molar-refractivity contribution in [1.82, 2.24) is 0 Å². The Kier molecular flexibility index (Phi) is 55.7. The third kappa shape index (κ3) is 56.2. The molecule has 0 saturated heterocycles. The van der Waals surface area contributed by atoms with E-state index in [1.165, 1.54) is 205 Å². The second-order valence-corrected chi connectivity index (χ2v) is 20.2. The maximum absolute atomic E-state index is 12.9. The van der Waals surface area contributed by atoms with E-state index in [1.807, 2.05) is 0 Å². The summed E-state index contributed by atoms with van der Waals surface area (Å²) in [5.74, 6) is -0.879. The van der Waals surface area contributed by atoms with Crippen molar-refractivity contribution in [3.05, 3.63) is 48.6 Å². The van der Waals surface area contributed by atoms with Crippen LogP contribution in [0.5, 0.6) is 0 Å². The Labute approximate surface area is 428 Å². The highest BCUT2D eigenvalue weighted by Gasteiger charge is 2.19. The minimum Gasteiger partial charge on any atom is -0.462 e. The maximum Gasteiger partial charge on any atom is 0.306 e. The Balaban J connectivity index is 4.38. The van der Waals surface area contributed by atoms with Crippen LogP contribution in [0.2, 0.25) is 0 Å². The van der Waals surface area contributed by atoms with Gasteiger partial charge in [0, 0.05) is 19.3 Å². The van der Waals surface area contributed by atoms with Gasteiger partial charge >= 0.3 is 17.9 Å². The van der Waals surface area contributed by atoms with Crippen molar-refractivity contribution < 1.29 is 28.6 Å². The number of carbonyl (C=O) groups is 3. The van der Waals surface area contributed by atoms with Gasteiger partial charge in [-0.25, -0.2) is 0 Å². The summed E-state index contributed by atoms with van der Waals surface area (Å²) < 4.78 is 16.9. The molecule has 1 atom stereocenters. The van der Waals surface area contributed by atoms with Gasteiger partial charge in [-0.2, -0.15) is 0 Å². The third-order valence-corrected chi connectivity index (χ3v) is 13.3. The van der Waals surface area contributed by atoms with Crippen LogP contribution in [0, 0.1) is 0 Å². The minimum absolute atomic E-state index is 0.0779. The molecule has 0 aromatic carbocycles. The zero-order valence-electron chi connectivity index (χ0n) is 46.1. The highest BCUT2D eigenvalue weighted by Crippen LogP contribution is 2.16. The lowest BCUT2D eigenvalue weighted by Gasteiger charge is -2.18. The lowest BCUT2D eigenvalue weighted by Crippen LogP contribution is -2.30. The molecule has 0 spiro atoms. The molecule has 0 aromatic heterocycles. The first-order chi connectivity index (χ1) is 34.0. The van der Waals surface area contributed by atoms with Crippen molar-refractivity contribution in [3.63, 3.8) is 0 Å². The molecular formula is C63H114O6. The topological polar surface area (TPSA) is 78.9 Å². The van der Waals surface area contributed by atoms with Gasteiger partial charge in [0.05, 0.1) is 0 Å². The summed E-state index contributed by atoms with van der Waals surface area (Å²) >= 11 is 0. The lowest BCUT2D eigenvalue weighted by molar-refractivity contribution is -0.167. The van der Waals surface area contributed by atoms with E-state index in [1.54, 1.807) is 0 Å². The van der Waals surface area contributed by atoms with Crippen molar-refractivity contribution in [3.8, 4) is 0 Å². The highest BCUT2D eigenvalue weighted by atomic mass is 16.6. The molecule has 0 aliphatic carbocycles. The molecule has 402 valence electrons. The monoisotopic (exact) mass is 967 g/mol. The normalized spacial score (nSPS) is 12.3. The number of esters is 3. The molecule has 0 amide bonds. The summed E-state index contributed by atoms with van der Waals surface area (Å²) in [6, 6.07) is 0. The fourth-order valence-corrected chi connectivity index (χ4v) is 8.70. The molecular weight excluding hydrogens is 853 g/mol. The van der Waals surface area contributed by atoms with E-state index in [-0.39, 0.29) is 31.1 Å². The Morgan fingerprint density at radius 2 is 0.522 bits per heavy atom. The van der Waals surface area contributed by atoms with Crippen LogP contribution in [0.15, 0.2) is 48.6 Å². The largest absolute Gasteiger partial charge is 0.462 e. The molecule has 0 aromatic rings. The van der Waals surface area contributed by atoms with E-state index in [0.29, 0.717) is 19.3 Å². The molecule has 69 heavy (non-hydrogen) atoms. The third-order valence-electron chi connectivity index (χ3n) is 13.3. The number of hydrogen-bond acceptors (Lipinski definition) is 6. The van der Waals surface area contributed by atoms with Gasteiger partial charge in [0.25, 0.3) is 0 Å². The molecule has 0 radical (unpaired) electrons. The summed E-state index contributed by atoms with van der Waals surface area (Å²) in [4.78, 5) is 38.2. The number of allylic oxidation sites excluding steroid dienone is 8. The first-order valence-electron chi connectivity index (χ1n) is 30.1. The number of rotatable bonds is 55. The molecule has 6 nitrogen and oxygen atoms in total. The van der Waals surface area contributed by atoms with Crippen LogP contribution in [0.3, 0.4) is 0 Å². The Morgan fingerprint density at radius 1 is 0.290 bits per heavy atom. The van der Waals surface area contributed by atoms with Crippen LogP contribution in [-0.2, 0) is 28.6 Å². The van der Waals surface area contributed by atoms with Gasteiger partial charge in [-0.15, -0.1) is 0 Å². The molecule has 0 heterocycles. The molecule has 0 fully saturated rings. The van der Waals surface area contributed by atoms with Crippen LogP contribution in [-0.4, -0.2) is 37.2 Å². The molecule has 0 aliphatic rings. The van der Waals surface area contributed by atoms with Crippen molar-refractivity contribution in [2.75, 3.05) is 13.2 Å². The summed E-state index contributed by atoms with van der Waals surface area (Å²) in [6.45, 7) is 6.63. The van der Waals surface area contributed by atoms with Crippen LogP contribution >= 0.6 is 0 Å². The van der Waals surface area contributed by atoms with E-state index in [2.05, 4.69) is 69.4 Å². The van der Waals surface area contributed by atoms with Crippen molar-refractivity contribution in [2.24, 2.45) is 0 Å². The number of hydrogen-bond donors (Lipinski definition) is 0. The van der Waals surface area contributed by atoms with E-state index < -0.39 is 6.10 Å². The summed E-state index contributed by atoms with van der Waals surface area (Å²) in [5, 5.41) is 0. The smallest absolute Gasteiger partial charge is 0.306 e. The van der Waals surface area contributed by atoms with Crippen molar-refractivity contribution >= 4 is 17.9 Å². The van der Waals surface area contributed by atoms with Gasteiger partial charge in [-0.3, -0.25) is 14.4 Å². The average molecular weight is 968 g/mol. The number of carbonyl (C=O) groups excluding carboxylic acids is 3. The number of unbranched alkanes of at least 4 members (excludes halogenated alkanes) is 36. The standard InChI is InChI=1S/C63H114O6/c1-4-7-10-13-16-19-22-25-28-31-34-37-40-43-46-49-52-55-61(64)67-58-60(69-63(66)57-54-51-48-45-42-39-36-33-30-27-24-21-18-15-12-9-6-3)59-68-62(65)56-53-50-47-44-41-38-35-32-29-26-23-20-17-14-11-8-5-2/h16,19,25-30,60H,4-15,17-18,20-24,31-59H2,1-3H3/b19-16-,28-25-,29-26-,30-27-/t60-/m0/s1. The fourth-order valence-electron chi connectivity index (χ4n) is 8.70. The van der Waals surface area contributed by atoms with Gasteiger partial charge < -0.3 is 14.2 Å². The maximum atomic E-state index is 12.9. The first kappa shape index (κ1) is 66.4. The summed E-state index contributed by atoms with van der Waals surface area (Å²) in [5.41, 5.74) is 0. The SMILES string of the molecule is CCCCC/C=C\C/C=C\CCCCCCCCCC(=O)OC[C@@H](COC(=O)CCCCCCCCC/C=C\CCCCCCCC)OC(=O)CCCCCCCCC/C=C\CCCCCCCC. The Bertz CT molecular complexity index is 1200. The zero-order valence-corrected chi connectivity index (χ0v) is 46.1. The minimum atomic E-state index is -0.780. The number of ether oxygens (including phenoxy) is 3. The van der Waals surface area contributed by atoms with E-state index in [4.69, 9.17) is 14.2 Å². The average Bonchev–Trinajstić information content (AvgIpc) is 3.35. The van der Waals surface area contributed by atoms with Gasteiger partial charge in [0.2, 0.25) is 0 Å². The van der Waals surface area contributed by atoms with Crippen LogP contribution < -0.4 is 0 Å². The highest BCUT2D eigenvalue weighted by molar-refractivity contribution is 5.71. The molecule has 0 N–H and O–H groups in total. The van der Waals surface area contributed by atoms with E-state index in [9.17, 15) is 14.4 Å². The Morgan fingerprint density at radius 3 is 0.841 bits per heavy atom. The molecule has 0 rings (SSSR count). The summed E-state index contributed by atoms with van der Waals surface area (Å²) in [6.07, 6.45) is 71.0. The second-order valence-electron chi connectivity index (χ2n) is 20.2. The molecule has 0 unspecified atom stereocenters. The predicted octanol–water partition coefficient (Wildman–Crippen LogP) is 20.2. The zero-order chi connectivity index (χ0) is 50.0. The fraction of sp³-hybridized carbons (Fsp3) is 0.825. The van der Waals surface area contributed by atoms with Gasteiger partial charge in [0.15, 0.2) is 6.10 Å². The quantitative estimate of drug-likeness (QED) is 0.0262. The molecule has 0 bridgehead atoms. The molecule has 6 heteroatoms. The van der Waals surface area contributed by atoms with Crippen LogP contribution in [0.4, 0.5) is 0 Å². The van der Waals surface area contributed by atoms with Gasteiger partial charge in [-0.1, -0.05) is 243 Å². The van der Waals surface area contributed by atoms with Crippen LogP contribution in [0.25, 0.3) is 0 Å². The lowest BCUT2D eigenvalue weighted by atomic mass is 10.1. The van der Waals surface area contributed by atoms with Crippen molar-refractivity contribution in [1.29, 1.82) is 0 Å². The van der Waals surface area contributed by atoms with E-state index in [0.717, 1.165) is 70.6 Å². The molecule has 0 saturated carbocycles. The van der Waals surface area contributed by atoms with E-state index >= 15 is 0 Å². The first-order valence-corrected chi connectivity index (χ1v) is 30.1.